The Hall–Kier alpha value is -0.650. The smallest absolute Gasteiger partial charge is 0.394 e. The number of phosphoric acid groups is 1. The topological polar surface area (TPSA) is 122 Å². The Balaban J connectivity index is 2.85. The highest BCUT2D eigenvalue weighted by Crippen LogP contribution is 2.49. The molecule has 1 fully saturated rings. The van der Waals surface area contributed by atoms with Crippen molar-refractivity contribution in [3.63, 3.8) is 0 Å². The fourth-order valence-electron chi connectivity index (χ4n) is 5.62. The highest BCUT2D eigenvalue weighted by molar-refractivity contribution is 7.48. The van der Waals surface area contributed by atoms with Gasteiger partial charge in [0.05, 0.1) is 35.8 Å². The Morgan fingerprint density at radius 3 is 1.51 bits per heavy atom. The van der Waals surface area contributed by atoms with Gasteiger partial charge >= 0.3 is 7.82 Å². The summed E-state index contributed by atoms with van der Waals surface area (Å²) in [6, 6.07) is 0. The first-order valence-corrected chi connectivity index (χ1v) is 20.7. The van der Waals surface area contributed by atoms with E-state index >= 15 is 0 Å². The molecule has 0 spiro atoms. The molecular formula is C38H73O10P. The number of phosphoric ester groups is 1. The van der Waals surface area contributed by atoms with Crippen molar-refractivity contribution in [3.8, 4) is 0 Å². The van der Waals surface area contributed by atoms with Gasteiger partial charge in [-0.3, -0.25) is 13.6 Å². The number of aliphatic hydroxyl groups is 2. The number of unbranched alkanes of at least 4 members (excludes halogenated alkanes) is 16. The van der Waals surface area contributed by atoms with Gasteiger partial charge in [0.15, 0.2) is 6.29 Å². The normalized spacial score (nSPS) is 23.1. The van der Waals surface area contributed by atoms with Crippen LogP contribution in [0.4, 0.5) is 0 Å². The van der Waals surface area contributed by atoms with Gasteiger partial charge in [0.2, 0.25) is 0 Å². The van der Waals surface area contributed by atoms with E-state index in [1.165, 1.54) is 89.2 Å². The summed E-state index contributed by atoms with van der Waals surface area (Å²) < 4.78 is 70.2. The summed E-state index contributed by atoms with van der Waals surface area (Å²) in [7, 11) is -3.93. The lowest BCUT2D eigenvalue weighted by Gasteiger charge is -2.43. The van der Waals surface area contributed by atoms with Crippen LogP contribution in [0.15, 0.2) is 25.3 Å². The Morgan fingerprint density at radius 1 is 0.653 bits per heavy atom. The molecule has 0 amide bonds. The Kier molecular flexibility index (Phi) is 28.0. The van der Waals surface area contributed by atoms with E-state index in [0.717, 1.165) is 38.5 Å². The van der Waals surface area contributed by atoms with Gasteiger partial charge in [-0.2, -0.15) is 0 Å². The van der Waals surface area contributed by atoms with E-state index in [1.54, 1.807) is 0 Å². The first kappa shape index (κ1) is 42.8. The van der Waals surface area contributed by atoms with Gasteiger partial charge in [0, 0.05) is 13.2 Å². The van der Waals surface area contributed by atoms with Crippen LogP contribution in [0.25, 0.3) is 0 Å². The molecule has 0 aromatic heterocycles. The SMILES string of the molecule is [2H]C(CCCCCCCCCCC)O[C@H]1[C@H](O)[C@@H](CO)OC(OCCOP(=O)(OCC=C)OCC=C)[C@@H]1OC([2H])CCCCCCCCCCC. The van der Waals surface area contributed by atoms with Crippen molar-refractivity contribution >= 4 is 7.82 Å². The number of ether oxygens (including phenoxy) is 4. The van der Waals surface area contributed by atoms with Crippen LogP contribution in [0.1, 0.15) is 145 Å². The maximum Gasteiger partial charge on any atom is 0.475 e. The summed E-state index contributed by atoms with van der Waals surface area (Å²) in [5.41, 5.74) is 0. The van der Waals surface area contributed by atoms with Crippen LogP contribution >= 0.6 is 7.82 Å². The Morgan fingerprint density at radius 2 is 1.08 bits per heavy atom. The molecule has 0 bridgehead atoms. The summed E-state index contributed by atoms with van der Waals surface area (Å²) >= 11 is 0. The largest absolute Gasteiger partial charge is 0.475 e. The molecule has 0 aromatic rings. The van der Waals surface area contributed by atoms with Gasteiger partial charge in [-0.05, 0) is 12.8 Å². The van der Waals surface area contributed by atoms with E-state index in [0.29, 0.717) is 12.8 Å². The van der Waals surface area contributed by atoms with E-state index in [9.17, 15) is 14.8 Å². The van der Waals surface area contributed by atoms with Gasteiger partial charge < -0.3 is 29.2 Å². The van der Waals surface area contributed by atoms with E-state index < -0.39 is 58.3 Å². The summed E-state index contributed by atoms with van der Waals surface area (Å²) in [4.78, 5) is 0. The van der Waals surface area contributed by atoms with Crippen LogP contribution in [0.3, 0.4) is 0 Å². The van der Waals surface area contributed by atoms with Crippen LogP contribution in [0.2, 0.25) is 0 Å². The quantitative estimate of drug-likeness (QED) is 0.0368. The van der Waals surface area contributed by atoms with Crippen LogP contribution in [-0.4, -0.2) is 87.1 Å². The minimum Gasteiger partial charge on any atom is -0.394 e. The van der Waals surface area contributed by atoms with Crippen LogP contribution in [-0.2, 0) is 37.1 Å². The lowest BCUT2D eigenvalue weighted by molar-refractivity contribution is -0.317. The zero-order chi connectivity index (χ0) is 37.6. The molecule has 0 aliphatic carbocycles. The van der Waals surface area contributed by atoms with Crippen molar-refractivity contribution in [1.29, 1.82) is 0 Å². The van der Waals surface area contributed by atoms with Crippen molar-refractivity contribution in [1.82, 2.24) is 0 Å². The molecule has 11 heteroatoms. The van der Waals surface area contributed by atoms with E-state index in [-0.39, 0.29) is 26.4 Å². The zero-order valence-corrected chi connectivity index (χ0v) is 31.8. The molecule has 1 saturated heterocycles. The minimum atomic E-state index is -3.93. The molecule has 7 atom stereocenters. The molecule has 3 unspecified atom stereocenters. The third-order valence-corrected chi connectivity index (χ3v) is 9.90. The fraction of sp³-hybridized carbons (Fsp3) is 0.895. The van der Waals surface area contributed by atoms with Crippen molar-refractivity contribution < 1.29 is 50.0 Å². The van der Waals surface area contributed by atoms with Gasteiger partial charge in [-0.25, -0.2) is 4.57 Å². The van der Waals surface area contributed by atoms with Crippen molar-refractivity contribution in [2.45, 2.75) is 173 Å². The monoisotopic (exact) mass is 723 g/mol. The molecule has 10 nitrogen and oxygen atoms in total. The number of hydrogen-bond acceptors (Lipinski definition) is 10. The number of hydrogen-bond donors (Lipinski definition) is 2. The number of rotatable bonds is 36. The van der Waals surface area contributed by atoms with Crippen molar-refractivity contribution in [2.75, 3.05) is 46.2 Å². The summed E-state index contributed by atoms with van der Waals surface area (Å²) in [5.74, 6) is 0. The molecule has 1 aliphatic heterocycles. The predicted molar refractivity (Wildman–Crippen MR) is 197 cm³/mol. The first-order valence-electron chi connectivity index (χ1n) is 20.4. The van der Waals surface area contributed by atoms with E-state index in [1.807, 2.05) is 0 Å². The lowest BCUT2D eigenvalue weighted by atomic mass is 9.98. The third-order valence-electron chi connectivity index (χ3n) is 8.47. The van der Waals surface area contributed by atoms with E-state index in [4.69, 9.17) is 35.3 Å². The predicted octanol–water partition coefficient (Wildman–Crippen LogP) is 9.22. The maximum atomic E-state index is 12.9. The first-order chi connectivity index (χ1) is 24.7. The molecule has 1 aliphatic rings. The van der Waals surface area contributed by atoms with Crippen LogP contribution < -0.4 is 0 Å². The van der Waals surface area contributed by atoms with E-state index in [2.05, 4.69) is 27.0 Å². The third kappa shape index (κ3) is 22.8. The molecule has 1 rings (SSSR count). The van der Waals surface area contributed by atoms with Crippen LogP contribution in [0, 0.1) is 0 Å². The second kappa shape index (κ2) is 32.0. The molecular weight excluding hydrogens is 647 g/mol. The molecule has 0 saturated carbocycles. The molecule has 0 aromatic carbocycles. The summed E-state index contributed by atoms with van der Waals surface area (Å²) in [5, 5.41) is 21.3. The Labute approximate surface area is 302 Å². The second-order valence-corrected chi connectivity index (χ2v) is 14.5. The zero-order valence-electron chi connectivity index (χ0n) is 32.9. The molecule has 2 N–H and O–H groups in total. The minimum absolute atomic E-state index is 0.0524. The average Bonchev–Trinajstić information content (AvgIpc) is 3.12. The van der Waals surface area contributed by atoms with Crippen LogP contribution in [0.5, 0.6) is 0 Å². The highest BCUT2D eigenvalue weighted by Gasteiger charge is 2.47. The summed E-state index contributed by atoms with van der Waals surface area (Å²) in [6.45, 7) is 8.66. The van der Waals surface area contributed by atoms with Gasteiger partial charge in [-0.15, -0.1) is 13.2 Å². The maximum absolute atomic E-state index is 12.9. The van der Waals surface area contributed by atoms with Gasteiger partial charge in [0.25, 0.3) is 0 Å². The summed E-state index contributed by atoms with van der Waals surface area (Å²) in [6.07, 6.45) is 18.9. The van der Waals surface area contributed by atoms with Gasteiger partial charge in [-0.1, -0.05) is 142 Å². The second-order valence-electron chi connectivity index (χ2n) is 12.8. The Bertz CT molecular complexity index is 872. The average molecular weight is 723 g/mol. The molecule has 49 heavy (non-hydrogen) atoms. The van der Waals surface area contributed by atoms with Gasteiger partial charge in [0.1, 0.15) is 24.4 Å². The van der Waals surface area contributed by atoms with Crippen molar-refractivity contribution in [2.24, 2.45) is 0 Å². The molecule has 1 heterocycles. The molecule has 0 radical (unpaired) electrons. The lowest BCUT2D eigenvalue weighted by Crippen LogP contribution is -2.61. The molecule has 290 valence electrons. The number of aliphatic hydroxyl groups excluding tert-OH is 2. The fourth-order valence-corrected chi connectivity index (χ4v) is 6.72. The van der Waals surface area contributed by atoms with Crippen molar-refractivity contribution in [3.05, 3.63) is 25.3 Å². The highest BCUT2D eigenvalue weighted by atomic mass is 31.2. The standard InChI is InChI=1S/C38H73O10P/c1-5-9-11-13-15-17-19-21-23-25-29-42-36-35(40)34(33-39)48-38(44-31-32-47-49(41,45-27-7-3)46-28-8-4)37(36)43-30-26-24-22-20-18-16-14-12-10-6-2/h7-8,34-40H,3-6,9-33H2,1-2H3/t34-,35-,36+,37-,38?/m1/s1/i29D,30D/t29?,30?,34-,35-,36+,37-,38?.